The summed E-state index contributed by atoms with van der Waals surface area (Å²) in [6, 6.07) is 10.3. The van der Waals surface area contributed by atoms with Crippen LogP contribution in [0.1, 0.15) is 23.7 Å². The molecule has 0 saturated heterocycles. The van der Waals surface area contributed by atoms with Gasteiger partial charge in [-0.2, -0.15) is 5.10 Å². The molecule has 6 heteroatoms. The van der Waals surface area contributed by atoms with Crippen LogP contribution in [0, 0.1) is 0 Å². The number of hydrogen-bond donors (Lipinski definition) is 0. The molecule has 6 nitrogen and oxygen atoms in total. The third-order valence-electron chi connectivity index (χ3n) is 4.67. The van der Waals surface area contributed by atoms with E-state index < -0.39 is 0 Å². The molecule has 0 unspecified atom stereocenters. The number of fused-ring (bicyclic) bond motifs is 1. The Labute approximate surface area is 146 Å². The van der Waals surface area contributed by atoms with Gasteiger partial charge in [0, 0.05) is 56.7 Å². The molecule has 0 fully saturated rings. The molecule has 0 aliphatic carbocycles. The maximum Gasteiger partial charge on any atom is 0.267 e. The van der Waals surface area contributed by atoms with Crippen molar-refractivity contribution in [3.05, 3.63) is 76.2 Å². The summed E-state index contributed by atoms with van der Waals surface area (Å²) in [5, 5.41) is 4.48. The molecule has 0 radical (unpaired) electrons. The van der Waals surface area contributed by atoms with E-state index in [1.54, 1.807) is 23.3 Å². The number of aromatic nitrogens is 4. The van der Waals surface area contributed by atoms with Gasteiger partial charge in [-0.1, -0.05) is 12.1 Å². The SMILES string of the molecule is CCn1nc2c(cc1=O)CN(Cc1ccc(-n3ccnc3)cc1)CC2. The van der Waals surface area contributed by atoms with Crippen molar-refractivity contribution in [2.75, 3.05) is 6.54 Å². The van der Waals surface area contributed by atoms with Crippen LogP contribution in [0.2, 0.25) is 0 Å². The minimum absolute atomic E-state index is 0.00668. The van der Waals surface area contributed by atoms with E-state index in [4.69, 9.17) is 0 Å². The molecule has 0 atom stereocenters. The summed E-state index contributed by atoms with van der Waals surface area (Å²) < 4.78 is 3.54. The Kier molecular flexibility index (Phi) is 4.19. The average molecular weight is 335 g/mol. The fourth-order valence-electron chi connectivity index (χ4n) is 3.30. The van der Waals surface area contributed by atoms with Crippen LogP contribution in [-0.2, 0) is 26.1 Å². The van der Waals surface area contributed by atoms with Crippen molar-refractivity contribution >= 4 is 0 Å². The smallest absolute Gasteiger partial charge is 0.267 e. The molecule has 3 heterocycles. The van der Waals surface area contributed by atoms with Gasteiger partial charge in [-0.3, -0.25) is 9.69 Å². The first-order chi connectivity index (χ1) is 12.2. The van der Waals surface area contributed by atoms with Gasteiger partial charge in [-0.05, 0) is 30.2 Å². The lowest BCUT2D eigenvalue weighted by Gasteiger charge is -2.28. The number of aryl methyl sites for hydroxylation is 1. The molecule has 128 valence electrons. The van der Waals surface area contributed by atoms with E-state index in [1.807, 2.05) is 17.7 Å². The van der Waals surface area contributed by atoms with Gasteiger partial charge < -0.3 is 4.57 Å². The monoisotopic (exact) mass is 335 g/mol. The molecule has 0 amide bonds. The lowest BCUT2D eigenvalue weighted by atomic mass is 10.1. The van der Waals surface area contributed by atoms with Crippen LogP contribution < -0.4 is 5.56 Å². The van der Waals surface area contributed by atoms with Crippen molar-refractivity contribution in [2.45, 2.75) is 33.0 Å². The van der Waals surface area contributed by atoms with E-state index in [1.165, 1.54) is 5.56 Å². The van der Waals surface area contributed by atoms with Gasteiger partial charge >= 0.3 is 0 Å². The third-order valence-corrected chi connectivity index (χ3v) is 4.67. The van der Waals surface area contributed by atoms with Gasteiger partial charge in [0.1, 0.15) is 0 Å². The molecule has 0 N–H and O–H groups in total. The fraction of sp³-hybridized carbons (Fsp3) is 0.316. The summed E-state index contributed by atoms with van der Waals surface area (Å²) in [5.41, 5.74) is 4.49. The molecule has 25 heavy (non-hydrogen) atoms. The minimum Gasteiger partial charge on any atom is -0.306 e. The second-order valence-corrected chi connectivity index (χ2v) is 6.37. The number of benzene rings is 1. The first kappa shape index (κ1) is 15.8. The van der Waals surface area contributed by atoms with E-state index in [0.29, 0.717) is 6.54 Å². The third kappa shape index (κ3) is 3.25. The molecule has 2 aromatic heterocycles. The van der Waals surface area contributed by atoms with Crippen LogP contribution in [0.5, 0.6) is 0 Å². The van der Waals surface area contributed by atoms with Crippen molar-refractivity contribution in [3.63, 3.8) is 0 Å². The van der Waals surface area contributed by atoms with Crippen molar-refractivity contribution in [3.8, 4) is 5.69 Å². The summed E-state index contributed by atoms with van der Waals surface area (Å²) in [7, 11) is 0. The standard InChI is InChI=1S/C19H21N5O/c1-2-24-19(25)11-16-13-22(9-7-18(16)21-24)12-15-3-5-17(6-4-15)23-10-8-20-14-23/h3-6,8,10-11,14H,2,7,9,12-13H2,1H3. The zero-order valence-corrected chi connectivity index (χ0v) is 14.3. The van der Waals surface area contributed by atoms with Crippen LogP contribution in [0.3, 0.4) is 0 Å². The van der Waals surface area contributed by atoms with Crippen LogP contribution in [0.25, 0.3) is 5.69 Å². The molecule has 1 aliphatic heterocycles. The summed E-state index contributed by atoms with van der Waals surface area (Å²) in [6.07, 6.45) is 6.40. The Hall–Kier alpha value is -2.73. The number of imidazole rings is 1. The fourth-order valence-corrected chi connectivity index (χ4v) is 3.30. The lowest BCUT2D eigenvalue weighted by Crippen LogP contribution is -2.34. The van der Waals surface area contributed by atoms with Crippen LogP contribution in [0.15, 0.2) is 53.8 Å². The first-order valence-electron chi connectivity index (χ1n) is 8.62. The average Bonchev–Trinajstić information content (AvgIpc) is 3.16. The first-order valence-corrected chi connectivity index (χ1v) is 8.62. The molecule has 1 aromatic carbocycles. The minimum atomic E-state index is -0.00668. The predicted molar refractivity (Wildman–Crippen MR) is 95.6 cm³/mol. The van der Waals surface area contributed by atoms with E-state index in [0.717, 1.165) is 43.0 Å². The van der Waals surface area contributed by atoms with Gasteiger partial charge in [0.05, 0.1) is 12.0 Å². The zero-order chi connectivity index (χ0) is 17.2. The summed E-state index contributed by atoms with van der Waals surface area (Å²) in [4.78, 5) is 18.5. The number of nitrogens with zero attached hydrogens (tertiary/aromatic N) is 5. The van der Waals surface area contributed by atoms with Crippen LogP contribution in [0.4, 0.5) is 0 Å². The molecular formula is C19H21N5O. The zero-order valence-electron chi connectivity index (χ0n) is 14.3. The Balaban J connectivity index is 1.47. The normalized spacial score (nSPS) is 14.4. The molecule has 0 spiro atoms. The van der Waals surface area contributed by atoms with Crippen molar-refractivity contribution < 1.29 is 0 Å². The predicted octanol–water partition coefficient (Wildman–Crippen LogP) is 2.01. The maximum absolute atomic E-state index is 12.0. The second-order valence-electron chi connectivity index (χ2n) is 6.37. The Morgan fingerprint density at radius 3 is 2.76 bits per heavy atom. The number of hydrogen-bond acceptors (Lipinski definition) is 4. The molecule has 1 aliphatic rings. The Morgan fingerprint density at radius 2 is 2.04 bits per heavy atom. The van der Waals surface area contributed by atoms with Gasteiger partial charge in [-0.25, -0.2) is 9.67 Å². The van der Waals surface area contributed by atoms with Gasteiger partial charge in [0.2, 0.25) is 0 Å². The highest BCUT2D eigenvalue weighted by molar-refractivity contribution is 5.34. The number of rotatable bonds is 4. The van der Waals surface area contributed by atoms with Crippen molar-refractivity contribution in [1.82, 2.24) is 24.2 Å². The molecule has 3 aromatic rings. The summed E-state index contributed by atoms with van der Waals surface area (Å²) in [5.74, 6) is 0. The van der Waals surface area contributed by atoms with Gasteiger partial charge in [-0.15, -0.1) is 0 Å². The largest absolute Gasteiger partial charge is 0.306 e. The van der Waals surface area contributed by atoms with Crippen LogP contribution in [-0.4, -0.2) is 30.8 Å². The lowest BCUT2D eigenvalue weighted by molar-refractivity contribution is 0.241. The highest BCUT2D eigenvalue weighted by atomic mass is 16.1. The topological polar surface area (TPSA) is 56.0 Å². The molecule has 4 rings (SSSR count). The molecule has 0 saturated carbocycles. The van der Waals surface area contributed by atoms with Gasteiger partial charge in [0.15, 0.2) is 0 Å². The van der Waals surface area contributed by atoms with Crippen molar-refractivity contribution in [2.24, 2.45) is 0 Å². The molecular weight excluding hydrogens is 314 g/mol. The van der Waals surface area contributed by atoms with Crippen molar-refractivity contribution in [1.29, 1.82) is 0 Å². The Morgan fingerprint density at radius 1 is 1.20 bits per heavy atom. The summed E-state index contributed by atoms with van der Waals surface area (Å²) >= 11 is 0. The van der Waals surface area contributed by atoms with E-state index in [9.17, 15) is 4.79 Å². The summed E-state index contributed by atoms with van der Waals surface area (Å²) in [6.45, 7) is 5.19. The second kappa shape index (κ2) is 6.64. The van der Waals surface area contributed by atoms with Gasteiger partial charge in [0.25, 0.3) is 5.56 Å². The van der Waals surface area contributed by atoms with E-state index in [-0.39, 0.29) is 5.56 Å². The highest BCUT2D eigenvalue weighted by Crippen LogP contribution is 2.18. The van der Waals surface area contributed by atoms with E-state index in [2.05, 4.69) is 39.2 Å². The molecule has 0 bridgehead atoms. The Bertz CT molecular complexity index is 912. The highest BCUT2D eigenvalue weighted by Gasteiger charge is 2.19. The van der Waals surface area contributed by atoms with Crippen LogP contribution >= 0.6 is 0 Å². The van der Waals surface area contributed by atoms with E-state index >= 15 is 0 Å². The quantitative estimate of drug-likeness (QED) is 0.732. The maximum atomic E-state index is 12.0.